The number of Topliss-reactive ketones (excluding diaryl/α,β-unsaturated/α-hetero) is 1. The van der Waals surface area contributed by atoms with Gasteiger partial charge in [0.2, 0.25) is 0 Å². The summed E-state index contributed by atoms with van der Waals surface area (Å²) in [4.78, 5) is 28.5. The summed E-state index contributed by atoms with van der Waals surface area (Å²) in [5, 5.41) is 4.38. The van der Waals surface area contributed by atoms with Crippen molar-refractivity contribution in [2.75, 3.05) is 32.1 Å². The number of ketones is 1. The summed E-state index contributed by atoms with van der Waals surface area (Å²) in [7, 11) is 1.62. The fraction of sp³-hybridized carbons (Fsp3) is 0.286. The first-order chi connectivity index (χ1) is 16.9. The van der Waals surface area contributed by atoms with Crippen molar-refractivity contribution in [2.45, 2.75) is 24.9 Å². The van der Waals surface area contributed by atoms with Crippen LogP contribution in [0.15, 0.2) is 66.7 Å². The molecule has 5 rings (SSSR count). The summed E-state index contributed by atoms with van der Waals surface area (Å²) in [6.45, 7) is 4.08. The second kappa shape index (κ2) is 9.36. The van der Waals surface area contributed by atoms with Crippen LogP contribution in [0, 0.1) is 0 Å². The highest BCUT2D eigenvalue weighted by Gasteiger charge is 2.55. The molecule has 0 saturated carbocycles. The molecule has 6 nitrogen and oxygen atoms in total. The van der Waals surface area contributed by atoms with Gasteiger partial charge in [-0.05, 0) is 54.4 Å². The van der Waals surface area contributed by atoms with E-state index < -0.39 is 11.5 Å². The highest BCUT2D eigenvalue weighted by molar-refractivity contribution is 6.31. The van der Waals surface area contributed by atoms with E-state index in [9.17, 15) is 9.59 Å². The number of benzene rings is 3. The number of carbonyl (C=O) groups excluding carboxylic acids is 2. The van der Waals surface area contributed by atoms with E-state index in [-0.39, 0.29) is 11.7 Å². The lowest BCUT2D eigenvalue weighted by Gasteiger charge is -2.56. The molecule has 180 valence electrons. The van der Waals surface area contributed by atoms with Crippen LogP contribution in [-0.4, -0.2) is 49.0 Å². The molecular formula is C28H27ClN2O4. The number of hydrogen-bond donors (Lipinski definition) is 1. The van der Waals surface area contributed by atoms with Crippen molar-refractivity contribution in [3.8, 4) is 5.75 Å². The third kappa shape index (κ3) is 4.28. The van der Waals surface area contributed by atoms with Crippen LogP contribution in [0.2, 0.25) is 5.02 Å². The van der Waals surface area contributed by atoms with Crippen LogP contribution in [0.25, 0.3) is 0 Å². The summed E-state index contributed by atoms with van der Waals surface area (Å²) in [6.07, 6.45) is 0. The van der Waals surface area contributed by atoms with Crippen molar-refractivity contribution >= 4 is 29.0 Å². The predicted octanol–water partition coefficient (Wildman–Crippen LogP) is 5.17. The predicted molar refractivity (Wildman–Crippen MR) is 136 cm³/mol. The van der Waals surface area contributed by atoms with Crippen LogP contribution in [0.5, 0.6) is 5.75 Å². The molecule has 0 aromatic heterocycles. The van der Waals surface area contributed by atoms with Crippen molar-refractivity contribution in [1.82, 2.24) is 4.90 Å². The van der Waals surface area contributed by atoms with Gasteiger partial charge >= 0.3 is 5.97 Å². The maximum Gasteiger partial charge on any atom is 0.338 e. The molecule has 1 fully saturated rings. The Labute approximate surface area is 209 Å². The molecule has 1 saturated heterocycles. The summed E-state index contributed by atoms with van der Waals surface area (Å²) in [6, 6.07) is 20.6. The molecule has 1 N–H and O–H groups in total. The number of halogens is 1. The Balaban J connectivity index is 1.49. The number of carbonyl (C=O) groups is 2. The summed E-state index contributed by atoms with van der Waals surface area (Å²) in [5.74, 6) is 0.00541. The summed E-state index contributed by atoms with van der Waals surface area (Å²) >= 11 is 6.39. The van der Waals surface area contributed by atoms with E-state index in [1.807, 2.05) is 48.5 Å². The van der Waals surface area contributed by atoms with Crippen LogP contribution in [0.3, 0.4) is 0 Å². The minimum atomic E-state index is -0.507. The number of rotatable bonds is 6. The quantitative estimate of drug-likeness (QED) is 0.481. The van der Waals surface area contributed by atoms with E-state index in [0.29, 0.717) is 43.1 Å². The fourth-order valence-electron chi connectivity index (χ4n) is 5.21. The first-order valence-corrected chi connectivity index (χ1v) is 12.0. The van der Waals surface area contributed by atoms with Gasteiger partial charge in [0.05, 0.1) is 30.7 Å². The third-order valence-corrected chi connectivity index (χ3v) is 7.18. The number of fused-ring (bicyclic) bond motifs is 1. The lowest BCUT2D eigenvalue weighted by atomic mass is 9.67. The van der Waals surface area contributed by atoms with Crippen LogP contribution in [0.4, 0.5) is 5.69 Å². The fourth-order valence-corrected chi connectivity index (χ4v) is 5.41. The van der Waals surface area contributed by atoms with Gasteiger partial charge in [-0.25, -0.2) is 4.79 Å². The Kier molecular flexibility index (Phi) is 6.26. The standard InChI is InChI=1S/C28H27ClN2O4/c1-3-35-27(33)19-10-13-22-24(14-19)30-28(16-31(17-28)15-20-6-4-5-7-23(20)29)25(26(22)32)18-8-11-21(34-2)12-9-18/h4-14,25,30H,3,15-17H2,1-2H3. The zero-order valence-electron chi connectivity index (χ0n) is 19.7. The first-order valence-electron chi connectivity index (χ1n) is 11.7. The number of anilines is 1. The molecular weight excluding hydrogens is 464 g/mol. The van der Waals surface area contributed by atoms with Crippen molar-refractivity contribution in [3.63, 3.8) is 0 Å². The number of esters is 1. The third-order valence-electron chi connectivity index (χ3n) is 6.81. The molecule has 2 aliphatic heterocycles. The molecule has 2 heterocycles. The topological polar surface area (TPSA) is 67.9 Å². The van der Waals surface area contributed by atoms with E-state index in [2.05, 4.69) is 10.2 Å². The second-order valence-electron chi connectivity index (χ2n) is 9.07. The highest BCUT2D eigenvalue weighted by atomic mass is 35.5. The second-order valence-corrected chi connectivity index (χ2v) is 9.48. The van der Waals surface area contributed by atoms with E-state index in [4.69, 9.17) is 21.1 Å². The van der Waals surface area contributed by atoms with Gasteiger partial charge in [0, 0.05) is 35.9 Å². The molecule has 2 aliphatic rings. The van der Waals surface area contributed by atoms with Crippen molar-refractivity contribution in [2.24, 2.45) is 0 Å². The van der Waals surface area contributed by atoms with Gasteiger partial charge < -0.3 is 14.8 Å². The molecule has 7 heteroatoms. The molecule has 0 amide bonds. The Morgan fingerprint density at radius 3 is 2.54 bits per heavy atom. The molecule has 0 aliphatic carbocycles. The zero-order valence-corrected chi connectivity index (χ0v) is 20.5. The molecule has 1 spiro atoms. The van der Waals surface area contributed by atoms with Crippen LogP contribution in [0.1, 0.15) is 44.7 Å². The monoisotopic (exact) mass is 490 g/mol. The number of methoxy groups -OCH3 is 1. The molecule has 1 atom stereocenters. The van der Waals surface area contributed by atoms with Crippen LogP contribution < -0.4 is 10.1 Å². The number of nitrogens with zero attached hydrogens (tertiary/aromatic N) is 1. The van der Waals surface area contributed by atoms with E-state index in [0.717, 1.165) is 21.9 Å². The number of ether oxygens (including phenoxy) is 2. The maximum absolute atomic E-state index is 13.9. The Morgan fingerprint density at radius 2 is 1.86 bits per heavy atom. The van der Waals surface area contributed by atoms with Gasteiger partial charge in [0.25, 0.3) is 0 Å². The number of hydrogen-bond acceptors (Lipinski definition) is 6. The molecule has 3 aromatic carbocycles. The maximum atomic E-state index is 13.9. The van der Waals surface area contributed by atoms with Crippen LogP contribution >= 0.6 is 11.6 Å². The normalized spacial score (nSPS) is 18.4. The van der Waals surface area contributed by atoms with E-state index in [1.54, 1.807) is 32.2 Å². The van der Waals surface area contributed by atoms with Crippen molar-refractivity contribution < 1.29 is 19.1 Å². The molecule has 35 heavy (non-hydrogen) atoms. The number of nitrogens with one attached hydrogen (secondary N) is 1. The minimum Gasteiger partial charge on any atom is -0.497 e. The zero-order chi connectivity index (χ0) is 24.6. The molecule has 3 aromatic rings. The van der Waals surface area contributed by atoms with Gasteiger partial charge in [0.15, 0.2) is 5.78 Å². The van der Waals surface area contributed by atoms with Gasteiger partial charge in [0.1, 0.15) is 5.75 Å². The van der Waals surface area contributed by atoms with Crippen molar-refractivity contribution in [3.05, 3.63) is 94.0 Å². The summed E-state index contributed by atoms with van der Waals surface area (Å²) < 4.78 is 10.5. The lowest BCUT2D eigenvalue weighted by Crippen LogP contribution is -2.70. The molecule has 0 bridgehead atoms. The Bertz CT molecular complexity index is 1270. The van der Waals surface area contributed by atoms with Gasteiger partial charge in [-0.2, -0.15) is 0 Å². The van der Waals surface area contributed by atoms with Gasteiger partial charge in [-0.1, -0.05) is 41.9 Å². The van der Waals surface area contributed by atoms with E-state index in [1.165, 1.54) is 0 Å². The largest absolute Gasteiger partial charge is 0.497 e. The average molecular weight is 491 g/mol. The average Bonchev–Trinajstić information content (AvgIpc) is 2.84. The Hall–Kier alpha value is -3.35. The summed E-state index contributed by atoms with van der Waals surface area (Å²) in [5.41, 5.74) is 3.15. The molecule has 1 unspecified atom stereocenters. The minimum absolute atomic E-state index is 0.0386. The number of likely N-dealkylation sites (tertiary alicyclic amines) is 1. The SMILES string of the molecule is CCOC(=O)c1ccc2c(c1)NC1(CN(Cc3ccccc3Cl)C1)C(c1ccc(OC)cc1)C2=O. The van der Waals surface area contributed by atoms with Gasteiger partial charge in [-0.3, -0.25) is 9.69 Å². The first kappa shape index (κ1) is 23.4. The highest BCUT2D eigenvalue weighted by Crippen LogP contribution is 2.46. The van der Waals surface area contributed by atoms with Gasteiger partial charge in [-0.15, -0.1) is 0 Å². The molecule has 0 radical (unpaired) electrons. The van der Waals surface area contributed by atoms with E-state index >= 15 is 0 Å². The van der Waals surface area contributed by atoms with Crippen molar-refractivity contribution in [1.29, 1.82) is 0 Å². The lowest BCUT2D eigenvalue weighted by molar-refractivity contribution is 0.0477. The Morgan fingerprint density at radius 1 is 1.11 bits per heavy atom. The smallest absolute Gasteiger partial charge is 0.338 e. The van der Waals surface area contributed by atoms with Crippen LogP contribution in [-0.2, 0) is 11.3 Å².